The monoisotopic (exact) mass is 404 g/mol. The number of carbonyl (C=O) groups is 2. The topological polar surface area (TPSA) is 77.1 Å². The molecule has 1 aliphatic heterocycles. The Morgan fingerprint density at radius 3 is 2.43 bits per heavy atom. The molecule has 3 rings (SSSR count). The van der Waals surface area contributed by atoms with Crippen LogP contribution in [-0.4, -0.2) is 52.4 Å². The van der Waals surface area contributed by atoms with Crippen LogP contribution in [-0.2, 0) is 9.47 Å². The van der Waals surface area contributed by atoms with Crippen molar-refractivity contribution in [1.29, 1.82) is 0 Å². The number of hydrogen-bond acceptors (Lipinski definition) is 6. The molecule has 1 aliphatic rings. The van der Waals surface area contributed by atoms with Gasteiger partial charge in [-0.05, 0) is 36.4 Å². The lowest BCUT2D eigenvalue weighted by molar-refractivity contribution is 0.0600. The Hall–Kier alpha value is -2.77. The first-order valence-electron chi connectivity index (χ1n) is 8.73. The third-order valence-electron chi connectivity index (χ3n) is 4.43. The molecule has 28 heavy (non-hydrogen) atoms. The highest BCUT2D eigenvalue weighted by Crippen LogP contribution is 2.30. The lowest BCUT2D eigenvalue weighted by Crippen LogP contribution is -2.36. The van der Waals surface area contributed by atoms with Crippen LogP contribution < -0.4 is 15.0 Å². The van der Waals surface area contributed by atoms with Crippen molar-refractivity contribution >= 4 is 34.9 Å². The Labute approximate surface area is 168 Å². The Morgan fingerprint density at radius 2 is 1.79 bits per heavy atom. The van der Waals surface area contributed by atoms with E-state index in [1.807, 2.05) is 0 Å². The molecule has 8 heteroatoms. The van der Waals surface area contributed by atoms with Crippen LogP contribution in [0.25, 0.3) is 0 Å². The fourth-order valence-electron chi connectivity index (χ4n) is 2.96. The summed E-state index contributed by atoms with van der Waals surface area (Å²) in [6, 6.07) is 9.88. The second-order valence-corrected chi connectivity index (χ2v) is 6.53. The van der Waals surface area contributed by atoms with E-state index in [-0.39, 0.29) is 5.91 Å². The number of amides is 1. The zero-order valence-corrected chi connectivity index (χ0v) is 16.4. The minimum Gasteiger partial charge on any atom is -0.495 e. The molecule has 0 spiro atoms. The highest BCUT2D eigenvalue weighted by Gasteiger charge is 2.19. The lowest BCUT2D eigenvalue weighted by atomic mass is 10.1. The largest absolute Gasteiger partial charge is 0.495 e. The van der Waals surface area contributed by atoms with Crippen molar-refractivity contribution in [2.45, 2.75) is 0 Å². The van der Waals surface area contributed by atoms with Gasteiger partial charge < -0.3 is 24.4 Å². The van der Waals surface area contributed by atoms with E-state index in [0.717, 1.165) is 5.69 Å². The quantitative estimate of drug-likeness (QED) is 0.771. The second kappa shape index (κ2) is 8.95. The summed E-state index contributed by atoms with van der Waals surface area (Å²) in [7, 11) is 2.82. The van der Waals surface area contributed by atoms with E-state index in [0.29, 0.717) is 53.9 Å². The van der Waals surface area contributed by atoms with Crippen LogP contribution in [0.3, 0.4) is 0 Å². The van der Waals surface area contributed by atoms with Gasteiger partial charge in [-0.25, -0.2) is 4.79 Å². The zero-order chi connectivity index (χ0) is 20.1. The molecule has 1 heterocycles. The summed E-state index contributed by atoms with van der Waals surface area (Å²) >= 11 is 6.13. The molecule has 2 aromatic rings. The first kappa shape index (κ1) is 20.0. The summed E-state index contributed by atoms with van der Waals surface area (Å²) in [6.07, 6.45) is 0. The maximum Gasteiger partial charge on any atom is 0.337 e. The molecule has 0 atom stereocenters. The molecule has 1 fully saturated rings. The zero-order valence-electron chi connectivity index (χ0n) is 15.7. The van der Waals surface area contributed by atoms with Crippen molar-refractivity contribution in [2.24, 2.45) is 0 Å². The molecule has 0 aromatic heterocycles. The third kappa shape index (κ3) is 4.37. The molecule has 1 saturated heterocycles. The van der Waals surface area contributed by atoms with Gasteiger partial charge in [-0.1, -0.05) is 11.6 Å². The van der Waals surface area contributed by atoms with Crippen LogP contribution in [0.5, 0.6) is 5.75 Å². The Morgan fingerprint density at radius 1 is 1.07 bits per heavy atom. The van der Waals surface area contributed by atoms with E-state index in [9.17, 15) is 9.59 Å². The van der Waals surface area contributed by atoms with Gasteiger partial charge in [0.1, 0.15) is 5.75 Å². The molecule has 148 valence electrons. The fourth-order valence-corrected chi connectivity index (χ4v) is 3.22. The van der Waals surface area contributed by atoms with E-state index in [2.05, 4.69) is 10.2 Å². The molecule has 1 amide bonds. The molecule has 0 unspecified atom stereocenters. The average Bonchev–Trinajstić information content (AvgIpc) is 2.73. The number of anilines is 2. The molecule has 1 N–H and O–H groups in total. The van der Waals surface area contributed by atoms with Gasteiger partial charge in [0.2, 0.25) is 0 Å². The maximum absolute atomic E-state index is 12.8. The molecule has 0 saturated carbocycles. The van der Waals surface area contributed by atoms with Crippen molar-refractivity contribution in [3.05, 3.63) is 52.5 Å². The van der Waals surface area contributed by atoms with Crippen molar-refractivity contribution in [3.63, 3.8) is 0 Å². The predicted octanol–water partition coefficient (Wildman–Crippen LogP) is 3.22. The number of halogens is 1. The molecule has 0 bridgehead atoms. The van der Waals surface area contributed by atoms with Crippen molar-refractivity contribution in [1.82, 2.24) is 0 Å². The summed E-state index contributed by atoms with van der Waals surface area (Å²) in [5.41, 5.74) is 2.05. The number of benzene rings is 2. The molecular weight excluding hydrogens is 384 g/mol. The van der Waals surface area contributed by atoms with Gasteiger partial charge in [-0.3, -0.25) is 4.79 Å². The number of nitrogens with zero attached hydrogens (tertiary/aromatic N) is 1. The Kier molecular flexibility index (Phi) is 6.38. The van der Waals surface area contributed by atoms with Crippen LogP contribution >= 0.6 is 11.6 Å². The summed E-state index contributed by atoms with van der Waals surface area (Å²) in [4.78, 5) is 26.8. The average molecular weight is 405 g/mol. The Balaban J connectivity index is 1.92. The summed E-state index contributed by atoms with van der Waals surface area (Å²) in [6.45, 7) is 2.57. The number of hydrogen-bond donors (Lipinski definition) is 1. The number of esters is 1. The van der Waals surface area contributed by atoms with Gasteiger partial charge in [0.15, 0.2) is 0 Å². The van der Waals surface area contributed by atoms with E-state index in [1.165, 1.54) is 20.3 Å². The van der Waals surface area contributed by atoms with Crippen molar-refractivity contribution in [3.8, 4) is 5.75 Å². The van der Waals surface area contributed by atoms with Gasteiger partial charge in [0, 0.05) is 18.7 Å². The minimum absolute atomic E-state index is 0.340. The number of rotatable bonds is 5. The SMILES string of the molecule is COC(=O)c1ccc(N2CCOCC2)c(NC(=O)c2ccc(OC)c(Cl)c2)c1. The lowest BCUT2D eigenvalue weighted by Gasteiger charge is -2.30. The second-order valence-electron chi connectivity index (χ2n) is 6.13. The smallest absolute Gasteiger partial charge is 0.337 e. The van der Waals surface area contributed by atoms with Crippen LogP contribution in [0.15, 0.2) is 36.4 Å². The molecule has 0 aliphatic carbocycles. The van der Waals surface area contributed by atoms with Gasteiger partial charge in [-0.15, -0.1) is 0 Å². The maximum atomic E-state index is 12.8. The van der Waals surface area contributed by atoms with Crippen molar-refractivity contribution in [2.75, 3.05) is 50.7 Å². The highest BCUT2D eigenvalue weighted by molar-refractivity contribution is 6.32. The van der Waals surface area contributed by atoms with E-state index in [1.54, 1.807) is 30.3 Å². The van der Waals surface area contributed by atoms with Crippen LogP contribution in [0.4, 0.5) is 11.4 Å². The first-order chi connectivity index (χ1) is 13.5. The number of morpholine rings is 1. The van der Waals surface area contributed by atoms with Gasteiger partial charge in [0.25, 0.3) is 5.91 Å². The molecule has 7 nitrogen and oxygen atoms in total. The van der Waals surface area contributed by atoms with E-state index >= 15 is 0 Å². The standard InChI is InChI=1S/C20H21ClN2O5/c1-26-18-6-4-13(11-15(18)21)19(24)22-16-12-14(20(25)27-2)3-5-17(16)23-7-9-28-10-8-23/h3-6,11-12H,7-10H2,1-2H3,(H,22,24). The van der Waals surface area contributed by atoms with Crippen molar-refractivity contribution < 1.29 is 23.8 Å². The third-order valence-corrected chi connectivity index (χ3v) is 4.73. The van der Waals surface area contributed by atoms with Crippen LogP contribution in [0.2, 0.25) is 5.02 Å². The minimum atomic E-state index is -0.475. The van der Waals surface area contributed by atoms with Gasteiger partial charge in [-0.2, -0.15) is 0 Å². The van der Waals surface area contributed by atoms with Crippen LogP contribution in [0.1, 0.15) is 20.7 Å². The highest BCUT2D eigenvalue weighted by atomic mass is 35.5. The number of ether oxygens (including phenoxy) is 3. The van der Waals surface area contributed by atoms with Crippen LogP contribution in [0, 0.1) is 0 Å². The summed E-state index contributed by atoms with van der Waals surface area (Å²) < 4.78 is 15.3. The van der Waals surface area contributed by atoms with Gasteiger partial charge >= 0.3 is 5.97 Å². The number of nitrogens with one attached hydrogen (secondary N) is 1. The fraction of sp³-hybridized carbons (Fsp3) is 0.300. The Bertz CT molecular complexity index is 881. The summed E-state index contributed by atoms with van der Waals surface area (Å²) in [5.74, 6) is -0.336. The number of carbonyl (C=O) groups excluding carboxylic acids is 2. The first-order valence-corrected chi connectivity index (χ1v) is 9.11. The van der Waals surface area contributed by atoms with Gasteiger partial charge in [0.05, 0.1) is 49.4 Å². The normalized spacial score (nSPS) is 13.8. The number of methoxy groups -OCH3 is 2. The van der Waals surface area contributed by atoms with E-state index < -0.39 is 5.97 Å². The molecule has 0 radical (unpaired) electrons. The van der Waals surface area contributed by atoms with E-state index in [4.69, 9.17) is 25.8 Å². The summed E-state index contributed by atoms with van der Waals surface area (Å²) in [5, 5.41) is 3.22. The molecular formula is C20H21ClN2O5. The molecule has 2 aromatic carbocycles. The predicted molar refractivity (Wildman–Crippen MR) is 107 cm³/mol.